The average Bonchev–Trinajstić information content (AvgIpc) is 2.99. The van der Waals surface area contributed by atoms with Crippen LogP contribution in [-0.4, -0.2) is 32.1 Å². The lowest BCUT2D eigenvalue weighted by Gasteiger charge is -2.28. The first kappa shape index (κ1) is 14.7. The zero-order valence-corrected chi connectivity index (χ0v) is 13.5. The number of benzene rings is 1. The minimum Gasteiger partial charge on any atom is -0.361 e. The highest BCUT2D eigenvalue weighted by Gasteiger charge is 2.23. The second-order valence-electron chi connectivity index (χ2n) is 6.18. The fourth-order valence-corrected chi connectivity index (χ4v) is 3.26. The van der Waals surface area contributed by atoms with Gasteiger partial charge in [0.2, 0.25) is 5.91 Å². The Labute approximate surface area is 138 Å². The molecule has 0 aliphatic carbocycles. The molecular weight excluding hydrogens is 304 g/mol. The molecule has 1 aliphatic heterocycles. The Hall–Kier alpha value is -2.89. The number of aromatic amines is 1. The third kappa shape index (κ3) is 2.50. The normalized spacial score (nSPS) is 14.0. The summed E-state index contributed by atoms with van der Waals surface area (Å²) in [5.74, 6) is 0.0751. The molecule has 1 aromatic carbocycles. The molecule has 0 unspecified atom stereocenters. The van der Waals surface area contributed by atoms with Gasteiger partial charge in [0.05, 0.1) is 12.1 Å². The van der Waals surface area contributed by atoms with Crippen LogP contribution < -0.4 is 5.56 Å². The summed E-state index contributed by atoms with van der Waals surface area (Å²) in [7, 11) is 1.65. The van der Waals surface area contributed by atoms with Crippen LogP contribution in [0.4, 0.5) is 0 Å². The molecule has 24 heavy (non-hydrogen) atoms. The van der Waals surface area contributed by atoms with E-state index in [-0.39, 0.29) is 11.5 Å². The van der Waals surface area contributed by atoms with Crippen molar-refractivity contribution in [3.63, 3.8) is 0 Å². The van der Waals surface area contributed by atoms with Crippen LogP contribution in [0.25, 0.3) is 10.9 Å². The maximum atomic E-state index is 12.7. The van der Waals surface area contributed by atoms with E-state index in [0.717, 1.165) is 27.7 Å². The number of amides is 1. The lowest BCUT2D eigenvalue weighted by atomic mass is 10.0. The lowest BCUT2D eigenvalue weighted by Crippen LogP contribution is -2.39. The molecule has 1 N–H and O–H groups in total. The highest BCUT2D eigenvalue weighted by Crippen LogP contribution is 2.21. The Bertz CT molecular complexity index is 986. The van der Waals surface area contributed by atoms with Gasteiger partial charge in [-0.05, 0) is 11.6 Å². The number of rotatable bonds is 2. The van der Waals surface area contributed by atoms with Gasteiger partial charge in [0.1, 0.15) is 0 Å². The molecule has 0 bridgehead atoms. The Morgan fingerprint density at radius 3 is 3.04 bits per heavy atom. The summed E-state index contributed by atoms with van der Waals surface area (Å²) in [6.45, 7) is 1.10. The molecule has 0 fully saturated rings. The first-order valence-corrected chi connectivity index (χ1v) is 8.01. The molecule has 0 atom stereocenters. The molecule has 0 saturated heterocycles. The molecule has 2 aromatic heterocycles. The quantitative estimate of drug-likeness (QED) is 0.775. The minimum absolute atomic E-state index is 0.0751. The predicted molar refractivity (Wildman–Crippen MR) is 90.6 cm³/mol. The van der Waals surface area contributed by atoms with Gasteiger partial charge >= 0.3 is 0 Å². The second-order valence-corrected chi connectivity index (χ2v) is 6.18. The van der Waals surface area contributed by atoms with Crippen molar-refractivity contribution in [2.75, 3.05) is 6.54 Å². The highest BCUT2D eigenvalue weighted by molar-refractivity contribution is 5.88. The minimum atomic E-state index is -0.139. The molecule has 1 aliphatic rings. The largest absolute Gasteiger partial charge is 0.361 e. The van der Waals surface area contributed by atoms with Crippen LogP contribution in [-0.2, 0) is 31.2 Å². The fraction of sp³-hybridized carbons (Fsp3) is 0.278. The van der Waals surface area contributed by atoms with Gasteiger partial charge in [0.25, 0.3) is 5.56 Å². The molecule has 0 saturated carbocycles. The Kier molecular flexibility index (Phi) is 3.45. The Morgan fingerprint density at radius 2 is 2.17 bits per heavy atom. The van der Waals surface area contributed by atoms with Crippen molar-refractivity contribution in [3.8, 4) is 0 Å². The molecule has 4 rings (SSSR count). The van der Waals surface area contributed by atoms with Gasteiger partial charge in [-0.1, -0.05) is 18.2 Å². The van der Waals surface area contributed by atoms with Gasteiger partial charge in [-0.3, -0.25) is 9.59 Å². The fourth-order valence-electron chi connectivity index (χ4n) is 3.26. The van der Waals surface area contributed by atoms with E-state index in [1.165, 1.54) is 4.68 Å². The summed E-state index contributed by atoms with van der Waals surface area (Å²) in [6, 6.07) is 9.56. The van der Waals surface area contributed by atoms with Crippen molar-refractivity contribution in [2.24, 2.45) is 7.05 Å². The van der Waals surface area contributed by atoms with E-state index in [1.807, 2.05) is 35.4 Å². The standard InChI is InChI=1S/C18H18N4O2/c1-21-17(23)9-13-11-22(7-6-15(13)20-21)18(24)8-12-10-19-16-5-3-2-4-14(12)16/h2-5,9-10,19H,6-8,11H2,1H3. The van der Waals surface area contributed by atoms with Crippen LogP contribution in [0.1, 0.15) is 16.8 Å². The molecule has 0 radical (unpaired) electrons. The number of nitrogens with zero attached hydrogens (tertiary/aromatic N) is 3. The topological polar surface area (TPSA) is 71.0 Å². The van der Waals surface area contributed by atoms with E-state index < -0.39 is 0 Å². The molecule has 1 amide bonds. The Balaban J connectivity index is 1.55. The lowest BCUT2D eigenvalue weighted by molar-refractivity contribution is -0.131. The van der Waals surface area contributed by atoms with Crippen molar-refractivity contribution in [1.29, 1.82) is 0 Å². The molecule has 3 aromatic rings. The maximum absolute atomic E-state index is 12.7. The van der Waals surface area contributed by atoms with E-state index in [9.17, 15) is 9.59 Å². The molecular formula is C18H18N4O2. The summed E-state index contributed by atoms with van der Waals surface area (Å²) in [4.78, 5) is 29.5. The number of aryl methyl sites for hydroxylation is 1. The van der Waals surface area contributed by atoms with Gasteiger partial charge in [-0.15, -0.1) is 0 Å². The Morgan fingerprint density at radius 1 is 1.33 bits per heavy atom. The van der Waals surface area contributed by atoms with Gasteiger partial charge in [0.15, 0.2) is 0 Å². The number of carbonyl (C=O) groups excluding carboxylic acids is 1. The molecule has 3 heterocycles. The van der Waals surface area contributed by atoms with Gasteiger partial charge in [-0.25, -0.2) is 4.68 Å². The molecule has 122 valence electrons. The summed E-state index contributed by atoms with van der Waals surface area (Å²) in [5, 5.41) is 5.37. The summed E-state index contributed by atoms with van der Waals surface area (Å²) in [6.07, 6.45) is 2.94. The zero-order chi connectivity index (χ0) is 16.7. The van der Waals surface area contributed by atoms with Crippen LogP contribution >= 0.6 is 0 Å². The summed E-state index contributed by atoms with van der Waals surface area (Å²) < 4.78 is 1.35. The second kappa shape index (κ2) is 5.63. The summed E-state index contributed by atoms with van der Waals surface area (Å²) >= 11 is 0. The average molecular weight is 322 g/mol. The van der Waals surface area contributed by atoms with Crippen molar-refractivity contribution >= 4 is 16.8 Å². The van der Waals surface area contributed by atoms with Crippen LogP contribution in [0.3, 0.4) is 0 Å². The highest BCUT2D eigenvalue weighted by atomic mass is 16.2. The van der Waals surface area contributed by atoms with Gasteiger partial charge in [-0.2, -0.15) is 5.10 Å². The number of H-pyrrole nitrogens is 1. The van der Waals surface area contributed by atoms with E-state index in [0.29, 0.717) is 25.9 Å². The molecule has 0 spiro atoms. The first-order chi connectivity index (χ1) is 11.6. The predicted octanol–water partition coefficient (Wildman–Crippen LogP) is 1.39. The SMILES string of the molecule is Cn1nc2c(cc1=O)CN(C(=O)Cc1c[nH]c3ccccc13)CC2. The van der Waals surface area contributed by atoms with E-state index in [2.05, 4.69) is 10.1 Å². The van der Waals surface area contributed by atoms with Crippen molar-refractivity contribution in [2.45, 2.75) is 19.4 Å². The van der Waals surface area contributed by atoms with Crippen LogP contribution in [0.15, 0.2) is 41.3 Å². The third-order valence-corrected chi connectivity index (χ3v) is 4.61. The van der Waals surface area contributed by atoms with E-state index in [4.69, 9.17) is 0 Å². The number of aromatic nitrogens is 3. The number of hydrogen-bond acceptors (Lipinski definition) is 3. The smallest absolute Gasteiger partial charge is 0.266 e. The van der Waals surface area contributed by atoms with E-state index >= 15 is 0 Å². The van der Waals surface area contributed by atoms with Gasteiger partial charge in [0, 0.05) is 55.3 Å². The zero-order valence-electron chi connectivity index (χ0n) is 13.5. The first-order valence-electron chi connectivity index (χ1n) is 8.01. The summed E-state index contributed by atoms with van der Waals surface area (Å²) in [5.41, 5.74) is 3.67. The molecule has 6 nitrogen and oxygen atoms in total. The maximum Gasteiger partial charge on any atom is 0.266 e. The van der Waals surface area contributed by atoms with Crippen LogP contribution in [0.2, 0.25) is 0 Å². The van der Waals surface area contributed by atoms with E-state index in [1.54, 1.807) is 13.1 Å². The number of nitrogens with one attached hydrogen (secondary N) is 1. The third-order valence-electron chi connectivity index (χ3n) is 4.61. The van der Waals surface area contributed by atoms with Crippen LogP contribution in [0, 0.1) is 0 Å². The van der Waals surface area contributed by atoms with Gasteiger partial charge < -0.3 is 9.88 Å². The van der Waals surface area contributed by atoms with Crippen molar-refractivity contribution in [1.82, 2.24) is 19.7 Å². The van der Waals surface area contributed by atoms with Crippen molar-refractivity contribution in [3.05, 3.63) is 63.7 Å². The number of para-hydroxylation sites is 1. The number of hydrogen-bond donors (Lipinski definition) is 1. The van der Waals surface area contributed by atoms with Crippen LogP contribution in [0.5, 0.6) is 0 Å². The number of carbonyl (C=O) groups is 1. The number of fused-ring (bicyclic) bond motifs is 2. The molecule has 6 heteroatoms. The monoisotopic (exact) mass is 322 g/mol. The van der Waals surface area contributed by atoms with Crippen molar-refractivity contribution < 1.29 is 4.79 Å².